The molecule has 0 spiro atoms. The summed E-state index contributed by atoms with van der Waals surface area (Å²) in [5, 5.41) is 0.377. The van der Waals surface area contributed by atoms with Gasteiger partial charge in [-0.3, -0.25) is 9.36 Å². The van der Waals surface area contributed by atoms with Gasteiger partial charge in [0.15, 0.2) is 28.7 Å². The van der Waals surface area contributed by atoms with E-state index in [-0.39, 0.29) is 24.3 Å². The van der Waals surface area contributed by atoms with Gasteiger partial charge in [-0.1, -0.05) is 29.0 Å². The topological polar surface area (TPSA) is 115 Å². The Hall–Kier alpha value is -3.61. The predicted molar refractivity (Wildman–Crippen MR) is 161 cm³/mol. The number of ether oxygens (including phenoxy) is 5. The Bertz CT molecular complexity index is 1720. The highest BCUT2D eigenvalue weighted by Gasteiger charge is 2.34. The SMILES string of the molecule is CCOC(=O)C1=C(C)N=c2s/c(=C\c3cc(Cl)c(OC)c(Br)c3)c(=O)n2[C@@H]1c1ccc(OCC(=O)OC)c(OCC)c1. The van der Waals surface area contributed by atoms with Crippen molar-refractivity contribution in [1.82, 2.24) is 4.57 Å². The zero-order valence-corrected chi connectivity index (χ0v) is 26.6. The Labute approximate surface area is 258 Å². The molecule has 0 fully saturated rings. The van der Waals surface area contributed by atoms with E-state index in [1.54, 1.807) is 57.2 Å². The molecule has 0 radical (unpaired) electrons. The summed E-state index contributed by atoms with van der Waals surface area (Å²) in [4.78, 5) is 43.8. The molecule has 10 nitrogen and oxygen atoms in total. The molecule has 0 N–H and O–H groups in total. The highest BCUT2D eigenvalue weighted by Crippen LogP contribution is 2.37. The Morgan fingerprint density at radius 3 is 2.52 bits per heavy atom. The minimum atomic E-state index is -0.873. The summed E-state index contributed by atoms with van der Waals surface area (Å²) in [6.45, 7) is 5.34. The first-order valence-corrected chi connectivity index (χ1v) is 14.8. The van der Waals surface area contributed by atoms with Crippen molar-refractivity contribution in [2.75, 3.05) is 34.0 Å². The average Bonchev–Trinajstić information content (AvgIpc) is 3.25. The molecule has 222 valence electrons. The van der Waals surface area contributed by atoms with Gasteiger partial charge in [-0.05, 0) is 78.2 Å². The van der Waals surface area contributed by atoms with Gasteiger partial charge in [-0.15, -0.1) is 0 Å². The van der Waals surface area contributed by atoms with Crippen molar-refractivity contribution in [3.05, 3.63) is 81.9 Å². The molecular weight excluding hydrogens is 652 g/mol. The zero-order chi connectivity index (χ0) is 30.6. The van der Waals surface area contributed by atoms with Crippen LogP contribution in [-0.2, 0) is 19.1 Å². The maximum atomic E-state index is 13.9. The van der Waals surface area contributed by atoms with Gasteiger partial charge in [0.2, 0.25) is 0 Å². The van der Waals surface area contributed by atoms with Gasteiger partial charge in [0.1, 0.15) is 0 Å². The fraction of sp³-hybridized carbons (Fsp3) is 0.310. The van der Waals surface area contributed by atoms with Crippen LogP contribution in [-0.4, -0.2) is 50.5 Å². The third-order valence-corrected chi connectivity index (χ3v) is 8.05. The molecule has 0 unspecified atom stereocenters. The molecule has 42 heavy (non-hydrogen) atoms. The standard InChI is InChI=1S/C29H28BrClN2O8S/c1-6-39-21-13-17(8-9-20(21)41-14-23(34)37-4)25-24(28(36)40-7-2)15(3)32-29-33(25)27(35)22(42-29)12-16-10-18(30)26(38-5)19(31)11-16/h8-13,25H,6-7,14H2,1-5H3/b22-12-/t25-/m1/s1. The number of thiazole rings is 1. The van der Waals surface area contributed by atoms with E-state index in [9.17, 15) is 14.4 Å². The number of esters is 2. The molecule has 4 rings (SSSR count). The monoisotopic (exact) mass is 678 g/mol. The zero-order valence-electron chi connectivity index (χ0n) is 23.5. The molecule has 0 saturated heterocycles. The number of carbonyl (C=O) groups is 2. The quantitative estimate of drug-likeness (QED) is 0.294. The average molecular weight is 680 g/mol. The summed E-state index contributed by atoms with van der Waals surface area (Å²) >= 11 is 11.0. The molecule has 2 heterocycles. The predicted octanol–water partition coefficient (Wildman–Crippen LogP) is 4.17. The first-order valence-electron chi connectivity index (χ1n) is 12.8. The number of allylic oxidation sites excluding steroid dienone is 1. The van der Waals surface area contributed by atoms with Crippen LogP contribution in [0, 0.1) is 0 Å². The summed E-state index contributed by atoms with van der Waals surface area (Å²) in [5.74, 6) is -0.0284. The summed E-state index contributed by atoms with van der Waals surface area (Å²) in [5.41, 5.74) is 1.51. The van der Waals surface area contributed by atoms with Crippen LogP contribution in [0.2, 0.25) is 5.02 Å². The number of aromatic nitrogens is 1. The van der Waals surface area contributed by atoms with Crippen LogP contribution in [0.3, 0.4) is 0 Å². The molecule has 1 atom stereocenters. The molecule has 0 amide bonds. The van der Waals surface area contributed by atoms with E-state index in [1.807, 2.05) is 0 Å². The third kappa shape index (κ3) is 6.40. The fourth-order valence-electron chi connectivity index (χ4n) is 4.39. The second-order valence-electron chi connectivity index (χ2n) is 8.82. The maximum absolute atomic E-state index is 13.9. The lowest BCUT2D eigenvalue weighted by Gasteiger charge is -2.25. The summed E-state index contributed by atoms with van der Waals surface area (Å²) in [6, 6.07) is 7.61. The number of hydrogen-bond acceptors (Lipinski definition) is 10. The summed E-state index contributed by atoms with van der Waals surface area (Å²) < 4.78 is 29.2. The molecule has 0 bridgehead atoms. The van der Waals surface area contributed by atoms with Gasteiger partial charge in [-0.2, -0.15) is 0 Å². The first-order chi connectivity index (χ1) is 20.1. The minimum absolute atomic E-state index is 0.143. The van der Waals surface area contributed by atoms with E-state index >= 15 is 0 Å². The van der Waals surface area contributed by atoms with Gasteiger partial charge in [0.25, 0.3) is 5.56 Å². The highest BCUT2D eigenvalue weighted by atomic mass is 79.9. The number of methoxy groups -OCH3 is 2. The number of fused-ring (bicyclic) bond motifs is 1. The molecule has 1 aromatic heterocycles. The molecule has 3 aromatic rings. The van der Waals surface area contributed by atoms with Crippen molar-refractivity contribution in [2.45, 2.75) is 26.8 Å². The highest BCUT2D eigenvalue weighted by molar-refractivity contribution is 9.10. The second-order valence-corrected chi connectivity index (χ2v) is 11.1. The summed E-state index contributed by atoms with van der Waals surface area (Å²) in [7, 11) is 2.78. The Balaban J connectivity index is 1.91. The van der Waals surface area contributed by atoms with E-state index in [2.05, 4.69) is 25.7 Å². The van der Waals surface area contributed by atoms with Crippen LogP contribution in [0.5, 0.6) is 17.2 Å². The normalized spacial score (nSPS) is 14.6. The Morgan fingerprint density at radius 1 is 1.12 bits per heavy atom. The van der Waals surface area contributed by atoms with Gasteiger partial charge in [0.05, 0.1) is 58.8 Å². The van der Waals surface area contributed by atoms with Crippen molar-refractivity contribution < 1.29 is 33.3 Å². The van der Waals surface area contributed by atoms with Crippen molar-refractivity contribution in [3.8, 4) is 17.2 Å². The number of benzene rings is 2. The lowest BCUT2D eigenvalue weighted by molar-refractivity contribution is -0.143. The Kier molecular flexibility index (Phi) is 10.1. The third-order valence-electron chi connectivity index (χ3n) is 6.20. The van der Waals surface area contributed by atoms with Crippen molar-refractivity contribution >= 4 is 56.9 Å². The molecule has 2 aromatic carbocycles. The number of nitrogens with zero attached hydrogens (tertiary/aromatic N) is 2. The molecule has 13 heteroatoms. The second kappa shape index (κ2) is 13.6. The van der Waals surface area contributed by atoms with Crippen molar-refractivity contribution in [2.24, 2.45) is 4.99 Å². The van der Waals surface area contributed by atoms with Gasteiger partial charge in [0, 0.05) is 0 Å². The van der Waals surface area contributed by atoms with Crippen molar-refractivity contribution in [3.63, 3.8) is 0 Å². The number of rotatable bonds is 10. The van der Waals surface area contributed by atoms with E-state index in [0.717, 1.165) is 0 Å². The van der Waals surface area contributed by atoms with Crippen molar-refractivity contribution in [1.29, 1.82) is 0 Å². The summed E-state index contributed by atoms with van der Waals surface area (Å²) in [6.07, 6.45) is 1.70. The molecule has 0 aliphatic carbocycles. The first kappa shape index (κ1) is 31.3. The fourth-order valence-corrected chi connectivity index (χ4v) is 6.50. The Morgan fingerprint density at radius 2 is 1.88 bits per heavy atom. The maximum Gasteiger partial charge on any atom is 0.343 e. The molecular formula is C29H28BrClN2O8S. The molecule has 1 aliphatic rings. The van der Waals surface area contributed by atoms with Crippen LogP contribution in [0.1, 0.15) is 37.9 Å². The van der Waals surface area contributed by atoms with Crippen LogP contribution in [0.4, 0.5) is 0 Å². The van der Waals surface area contributed by atoms with Crippen LogP contribution in [0.25, 0.3) is 6.08 Å². The minimum Gasteiger partial charge on any atom is -0.494 e. The lowest BCUT2D eigenvalue weighted by Crippen LogP contribution is -2.40. The van der Waals surface area contributed by atoms with E-state index in [1.165, 1.54) is 30.1 Å². The van der Waals surface area contributed by atoms with Crippen LogP contribution >= 0.6 is 38.9 Å². The van der Waals surface area contributed by atoms with Crippen LogP contribution < -0.4 is 29.1 Å². The van der Waals surface area contributed by atoms with Gasteiger partial charge < -0.3 is 23.7 Å². The van der Waals surface area contributed by atoms with E-state index in [4.69, 9.17) is 30.5 Å². The van der Waals surface area contributed by atoms with E-state index < -0.39 is 18.0 Å². The smallest absolute Gasteiger partial charge is 0.343 e. The number of carbonyl (C=O) groups excluding carboxylic acids is 2. The largest absolute Gasteiger partial charge is 0.494 e. The molecule has 0 saturated carbocycles. The lowest BCUT2D eigenvalue weighted by atomic mass is 9.95. The number of hydrogen-bond donors (Lipinski definition) is 0. The van der Waals surface area contributed by atoms with Crippen LogP contribution in [0.15, 0.2) is 55.9 Å². The van der Waals surface area contributed by atoms with E-state index in [0.29, 0.717) is 59.5 Å². The molecule has 1 aliphatic heterocycles. The van der Waals surface area contributed by atoms with Gasteiger partial charge >= 0.3 is 11.9 Å². The number of halogens is 2. The van der Waals surface area contributed by atoms with Gasteiger partial charge in [-0.25, -0.2) is 14.6 Å².